The summed E-state index contributed by atoms with van der Waals surface area (Å²) in [4.78, 5) is 16.0. The Morgan fingerprint density at radius 3 is 2.46 bits per heavy atom. The Morgan fingerprint density at radius 1 is 1.11 bits per heavy atom. The maximum Gasteiger partial charge on any atom is 0.232 e. The highest BCUT2D eigenvalue weighted by atomic mass is 15.4. The third kappa shape index (κ3) is 2.99. The molecule has 146 valence electrons. The minimum atomic E-state index is 0.608. The van der Waals surface area contributed by atoms with Gasteiger partial charge in [-0.1, -0.05) is 0 Å². The van der Waals surface area contributed by atoms with Crippen LogP contribution in [0, 0.1) is 25.7 Å². The van der Waals surface area contributed by atoms with E-state index in [0.717, 1.165) is 40.4 Å². The summed E-state index contributed by atoms with van der Waals surface area (Å²) < 4.78 is 1.87. The summed E-state index contributed by atoms with van der Waals surface area (Å²) in [5.41, 5.74) is 4.32. The molecule has 0 aliphatic heterocycles. The first-order valence-electron chi connectivity index (χ1n) is 10.1. The summed E-state index contributed by atoms with van der Waals surface area (Å²) in [5.74, 6) is 4.57. The Bertz CT molecular complexity index is 1020. The van der Waals surface area contributed by atoms with Crippen LogP contribution in [0.25, 0.3) is 5.65 Å². The zero-order valence-corrected chi connectivity index (χ0v) is 17.0. The van der Waals surface area contributed by atoms with Crippen LogP contribution in [-0.2, 0) is 0 Å². The van der Waals surface area contributed by atoms with Crippen molar-refractivity contribution < 1.29 is 0 Å². The van der Waals surface area contributed by atoms with Gasteiger partial charge in [0.2, 0.25) is 5.95 Å². The van der Waals surface area contributed by atoms with Gasteiger partial charge in [-0.05, 0) is 68.9 Å². The van der Waals surface area contributed by atoms with E-state index in [0.29, 0.717) is 11.9 Å². The van der Waals surface area contributed by atoms with E-state index in [1.165, 1.54) is 31.2 Å². The number of hydrogen-bond acceptors (Lipinski definition) is 6. The van der Waals surface area contributed by atoms with Gasteiger partial charge in [-0.15, -0.1) is 0 Å². The molecule has 7 heteroatoms. The topological polar surface area (TPSA) is 71.2 Å². The van der Waals surface area contributed by atoms with Gasteiger partial charge in [0, 0.05) is 25.9 Å². The van der Waals surface area contributed by atoms with Crippen molar-refractivity contribution in [1.82, 2.24) is 24.6 Å². The second kappa shape index (κ2) is 6.43. The van der Waals surface area contributed by atoms with Gasteiger partial charge >= 0.3 is 0 Å². The van der Waals surface area contributed by atoms with Gasteiger partial charge in [-0.2, -0.15) is 14.6 Å². The first-order valence-corrected chi connectivity index (χ1v) is 10.1. The lowest BCUT2D eigenvalue weighted by Gasteiger charge is -2.19. The van der Waals surface area contributed by atoms with Crippen LogP contribution in [0.3, 0.4) is 0 Å². The van der Waals surface area contributed by atoms with Crippen LogP contribution in [0.15, 0.2) is 18.5 Å². The van der Waals surface area contributed by atoms with Crippen LogP contribution in [0.1, 0.15) is 48.6 Å². The number of aromatic nitrogens is 5. The van der Waals surface area contributed by atoms with E-state index in [9.17, 15) is 0 Å². The average Bonchev–Trinajstić information content (AvgIpc) is 3.57. The molecule has 3 aromatic rings. The molecule has 3 heterocycles. The number of pyridine rings is 1. The molecule has 7 nitrogen and oxygen atoms in total. The predicted octanol–water partition coefficient (Wildman–Crippen LogP) is 3.85. The number of fused-ring (bicyclic) bond motifs is 1. The van der Waals surface area contributed by atoms with E-state index in [4.69, 9.17) is 10.1 Å². The Kier molecular flexibility index (Phi) is 4.00. The molecular weight excluding hydrogens is 350 g/mol. The summed E-state index contributed by atoms with van der Waals surface area (Å²) in [7, 11) is 3.99. The molecule has 1 N–H and O–H groups in total. The minimum absolute atomic E-state index is 0.608. The summed E-state index contributed by atoms with van der Waals surface area (Å²) >= 11 is 0. The van der Waals surface area contributed by atoms with E-state index in [2.05, 4.69) is 22.2 Å². The average molecular weight is 377 g/mol. The molecule has 2 aliphatic rings. The van der Waals surface area contributed by atoms with Gasteiger partial charge in [0.15, 0.2) is 11.5 Å². The molecule has 0 amide bonds. The largest absolute Gasteiger partial charge is 0.361 e. The smallest absolute Gasteiger partial charge is 0.232 e. The van der Waals surface area contributed by atoms with Gasteiger partial charge in [-0.3, -0.25) is 0 Å². The zero-order valence-electron chi connectivity index (χ0n) is 17.0. The SMILES string of the molecule is Cc1nc(Nc2c(C)ccnc2N(C)C)n2ncc(C(C3CC3)C3CC3)c2n1. The highest BCUT2D eigenvalue weighted by Gasteiger charge is 2.43. The van der Waals surface area contributed by atoms with Crippen molar-refractivity contribution in [2.45, 2.75) is 45.4 Å². The molecule has 0 saturated heterocycles. The molecule has 0 atom stereocenters. The molecule has 0 radical (unpaired) electrons. The van der Waals surface area contributed by atoms with Crippen LogP contribution in [0.4, 0.5) is 17.5 Å². The second-order valence-corrected chi connectivity index (χ2v) is 8.48. The quantitative estimate of drug-likeness (QED) is 0.703. The van der Waals surface area contributed by atoms with Crippen LogP contribution < -0.4 is 10.2 Å². The maximum atomic E-state index is 4.78. The summed E-state index contributed by atoms with van der Waals surface area (Å²) in [6, 6.07) is 2.01. The van der Waals surface area contributed by atoms with Crippen LogP contribution in [0.5, 0.6) is 0 Å². The lowest BCUT2D eigenvalue weighted by Crippen LogP contribution is -2.15. The fraction of sp³-hybridized carbons (Fsp3) is 0.524. The van der Waals surface area contributed by atoms with Crippen LogP contribution in [0.2, 0.25) is 0 Å². The lowest BCUT2D eigenvalue weighted by molar-refractivity contribution is 0.540. The van der Waals surface area contributed by atoms with Crippen molar-refractivity contribution in [1.29, 1.82) is 0 Å². The molecule has 2 fully saturated rings. The van der Waals surface area contributed by atoms with Crippen LogP contribution in [-0.4, -0.2) is 38.7 Å². The molecule has 0 aromatic carbocycles. The third-order valence-electron chi connectivity index (χ3n) is 5.93. The first-order chi connectivity index (χ1) is 13.5. The van der Waals surface area contributed by atoms with Gasteiger partial charge in [0.05, 0.1) is 11.9 Å². The normalized spacial score (nSPS) is 16.8. The lowest BCUT2D eigenvalue weighted by atomic mass is 9.91. The van der Waals surface area contributed by atoms with Gasteiger partial charge < -0.3 is 10.2 Å². The number of aryl methyl sites for hydroxylation is 2. The summed E-state index contributed by atoms with van der Waals surface area (Å²) in [5, 5.41) is 8.19. The van der Waals surface area contributed by atoms with Crippen molar-refractivity contribution in [3.63, 3.8) is 0 Å². The number of anilines is 3. The van der Waals surface area contributed by atoms with E-state index in [1.807, 2.05) is 48.9 Å². The number of nitrogens with one attached hydrogen (secondary N) is 1. The van der Waals surface area contributed by atoms with Crippen molar-refractivity contribution in [3.8, 4) is 0 Å². The molecule has 2 saturated carbocycles. The van der Waals surface area contributed by atoms with Crippen molar-refractivity contribution in [2.75, 3.05) is 24.3 Å². The predicted molar refractivity (Wildman–Crippen MR) is 110 cm³/mol. The highest BCUT2D eigenvalue weighted by Crippen LogP contribution is 2.55. The van der Waals surface area contributed by atoms with Crippen molar-refractivity contribution in [2.24, 2.45) is 11.8 Å². The summed E-state index contributed by atoms with van der Waals surface area (Å²) in [6.45, 7) is 4.03. The molecule has 3 aromatic heterocycles. The van der Waals surface area contributed by atoms with Gasteiger partial charge in [-0.25, -0.2) is 9.97 Å². The first kappa shape index (κ1) is 17.4. The van der Waals surface area contributed by atoms with E-state index in [1.54, 1.807) is 0 Å². The maximum absolute atomic E-state index is 4.78. The van der Waals surface area contributed by atoms with Gasteiger partial charge in [0.25, 0.3) is 0 Å². The fourth-order valence-corrected chi connectivity index (χ4v) is 4.27. The number of rotatable bonds is 6. The number of hydrogen-bond donors (Lipinski definition) is 1. The van der Waals surface area contributed by atoms with Gasteiger partial charge in [0.1, 0.15) is 5.82 Å². The van der Waals surface area contributed by atoms with Crippen molar-refractivity contribution in [3.05, 3.63) is 35.4 Å². The molecule has 0 unspecified atom stereocenters. The highest BCUT2D eigenvalue weighted by molar-refractivity contribution is 5.73. The molecule has 2 aliphatic carbocycles. The Labute approximate surface area is 165 Å². The molecule has 0 bridgehead atoms. The monoisotopic (exact) mass is 377 g/mol. The molecule has 0 spiro atoms. The third-order valence-corrected chi connectivity index (χ3v) is 5.93. The Balaban J connectivity index is 1.60. The minimum Gasteiger partial charge on any atom is -0.361 e. The fourth-order valence-electron chi connectivity index (χ4n) is 4.27. The number of nitrogens with zero attached hydrogens (tertiary/aromatic N) is 6. The zero-order chi connectivity index (χ0) is 19.4. The standard InChI is InChI=1S/C21H27N7/c1-12-9-10-22-20(27(3)4)18(12)26-21-25-13(2)24-19-16(11-23-28(19)21)17(14-5-6-14)15-7-8-15/h9-11,14-15,17H,5-8H2,1-4H3,(H,24,25,26). The van der Waals surface area contributed by atoms with Crippen molar-refractivity contribution >= 4 is 23.1 Å². The van der Waals surface area contributed by atoms with E-state index in [-0.39, 0.29) is 0 Å². The Morgan fingerprint density at radius 2 is 1.82 bits per heavy atom. The van der Waals surface area contributed by atoms with Crippen LogP contribution >= 0.6 is 0 Å². The molecule has 28 heavy (non-hydrogen) atoms. The van der Waals surface area contributed by atoms with E-state index < -0.39 is 0 Å². The molecule has 5 rings (SSSR count). The second-order valence-electron chi connectivity index (χ2n) is 8.48. The molecular formula is C21H27N7. The van der Waals surface area contributed by atoms with E-state index >= 15 is 0 Å². The Hall–Kier alpha value is -2.70. The summed E-state index contributed by atoms with van der Waals surface area (Å²) in [6.07, 6.45) is 9.23.